The first-order chi connectivity index (χ1) is 17.7. The molecule has 0 spiro atoms. The Morgan fingerprint density at radius 2 is 1.71 bits per heavy atom. The van der Waals surface area contributed by atoms with Gasteiger partial charge in [0.2, 0.25) is 0 Å². The van der Waals surface area contributed by atoms with Crippen LogP contribution in [0.3, 0.4) is 0 Å². The van der Waals surface area contributed by atoms with E-state index >= 15 is 0 Å². The fourth-order valence-corrected chi connectivity index (χ4v) is 4.85. The molecule has 0 aliphatic rings. The van der Waals surface area contributed by atoms with Gasteiger partial charge in [0.1, 0.15) is 5.01 Å². The van der Waals surface area contributed by atoms with Crippen molar-refractivity contribution in [3.63, 3.8) is 0 Å². The lowest BCUT2D eigenvalue weighted by atomic mass is 9.91. The van der Waals surface area contributed by atoms with E-state index < -0.39 is 23.1 Å². The number of halogens is 3. The van der Waals surface area contributed by atoms with E-state index in [0.717, 1.165) is 22.7 Å². The predicted molar refractivity (Wildman–Crippen MR) is 141 cm³/mol. The number of carbonyl (C=O) groups is 2. The van der Waals surface area contributed by atoms with Crippen LogP contribution in [0.5, 0.6) is 5.75 Å². The lowest BCUT2D eigenvalue weighted by Crippen LogP contribution is -2.26. The second kappa shape index (κ2) is 11.7. The first-order valence-electron chi connectivity index (χ1n) is 12.4. The summed E-state index contributed by atoms with van der Waals surface area (Å²) >= 11 is 1.40. The summed E-state index contributed by atoms with van der Waals surface area (Å²) in [5, 5.41) is 0.628. The van der Waals surface area contributed by atoms with Gasteiger partial charge in [-0.1, -0.05) is 32.9 Å². The zero-order chi connectivity index (χ0) is 28.3. The fraction of sp³-hybridized carbons (Fsp3) is 0.414. The highest BCUT2D eigenvalue weighted by molar-refractivity contribution is 7.15. The number of Topliss-reactive ketones (excluding diaryl/α,β-unsaturated/α-hetero) is 1. The third-order valence-electron chi connectivity index (χ3n) is 6.46. The van der Waals surface area contributed by atoms with E-state index in [-0.39, 0.29) is 18.1 Å². The van der Waals surface area contributed by atoms with Gasteiger partial charge in [-0.25, -0.2) is 14.7 Å². The maximum atomic E-state index is 13.0. The first kappa shape index (κ1) is 29.4. The van der Waals surface area contributed by atoms with Crippen LogP contribution < -0.4 is 4.89 Å². The number of thiazole rings is 1. The molecule has 0 N–H and O–H groups in total. The summed E-state index contributed by atoms with van der Waals surface area (Å²) < 4.78 is 38.8. The number of rotatable bonds is 10. The molecular formula is C29H32F3NO4S. The Bertz CT molecular complexity index is 1290. The van der Waals surface area contributed by atoms with Crippen molar-refractivity contribution in [2.24, 2.45) is 5.41 Å². The molecule has 5 nitrogen and oxygen atoms in total. The summed E-state index contributed by atoms with van der Waals surface area (Å²) in [4.78, 5) is 40.9. The summed E-state index contributed by atoms with van der Waals surface area (Å²) in [6.45, 7) is 11.2. The molecule has 3 aromatic rings. The van der Waals surface area contributed by atoms with Crippen molar-refractivity contribution in [2.75, 3.05) is 0 Å². The number of benzene rings is 2. The van der Waals surface area contributed by atoms with Gasteiger partial charge in [0.25, 0.3) is 0 Å². The molecular weight excluding hydrogens is 515 g/mol. The third kappa shape index (κ3) is 7.01. The summed E-state index contributed by atoms with van der Waals surface area (Å²) in [5.74, 6) is -0.112. The van der Waals surface area contributed by atoms with E-state index in [4.69, 9.17) is 9.78 Å². The van der Waals surface area contributed by atoms with E-state index in [1.165, 1.54) is 23.5 Å². The van der Waals surface area contributed by atoms with E-state index in [1.54, 1.807) is 39.0 Å². The molecule has 9 heteroatoms. The van der Waals surface area contributed by atoms with E-state index in [2.05, 4.69) is 4.98 Å². The van der Waals surface area contributed by atoms with Crippen LogP contribution in [0.1, 0.15) is 85.4 Å². The van der Waals surface area contributed by atoms with Gasteiger partial charge < -0.3 is 0 Å². The molecule has 1 aromatic heterocycles. The van der Waals surface area contributed by atoms with Gasteiger partial charge in [0.05, 0.1) is 16.7 Å². The van der Waals surface area contributed by atoms with Crippen LogP contribution in [-0.4, -0.2) is 16.7 Å². The van der Waals surface area contributed by atoms with Gasteiger partial charge >= 0.3 is 12.1 Å². The zero-order valence-electron chi connectivity index (χ0n) is 22.4. The minimum Gasteiger partial charge on any atom is -0.294 e. The summed E-state index contributed by atoms with van der Waals surface area (Å²) in [7, 11) is 0. The number of ketones is 1. The van der Waals surface area contributed by atoms with Crippen LogP contribution in [0.4, 0.5) is 13.2 Å². The van der Waals surface area contributed by atoms with Gasteiger partial charge in [-0.05, 0) is 75.4 Å². The smallest absolute Gasteiger partial charge is 0.294 e. The Morgan fingerprint density at radius 1 is 1.05 bits per heavy atom. The molecule has 0 atom stereocenters. The summed E-state index contributed by atoms with van der Waals surface area (Å²) in [5.41, 5.74) is 1.31. The van der Waals surface area contributed by atoms with Crippen molar-refractivity contribution in [1.82, 2.24) is 4.98 Å². The molecule has 0 fully saturated rings. The normalized spacial score (nSPS) is 12.1. The largest absolute Gasteiger partial charge is 0.416 e. The molecule has 0 saturated carbocycles. The molecule has 38 heavy (non-hydrogen) atoms. The fourth-order valence-electron chi connectivity index (χ4n) is 3.62. The second-order valence-electron chi connectivity index (χ2n) is 10.1. The quantitative estimate of drug-likeness (QED) is 0.145. The number of aryl methyl sites for hydroxylation is 2. The minimum atomic E-state index is -4.39. The predicted octanol–water partition coefficient (Wildman–Crippen LogP) is 8.35. The molecule has 0 bridgehead atoms. The van der Waals surface area contributed by atoms with Crippen LogP contribution in [0.15, 0.2) is 42.5 Å². The number of nitrogens with zero attached hydrogens (tertiary/aromatic N) is 1. The maximum absolute atomic E-state index is 13.0. The standard InChI is InChI=1S/C29H32F3NO4S/c1-7-28(5,6)27(35)37-36-21-12-13-22(18(4)16-21)23(34)14-15-24-25(17(2)3)33-26(38-24)19-8-10-20(11-9-19)29(30,31)32/h8-13,16-17H,7,14-15H2,1-6H3. The van der Waals surface area contributed by atoms with Crippen molar-refractivity contribution in [1.29, 1.82) is 0 Å². The van der Waals surface area contributed by atoms with Gasteiger partial charge in [-0.15, -0.1) is 11.3 Å². The lowest BCUT2D eigenvalue weighted by molar-refractivity contribution is -0.224. The Labute approximate surface area is 224 Å². The number of hydrogen-bond acceptors (Lipinski definition) is 6. The highest BCUT2D eigenvalue weighted by atomic mass is 32.1. The molecule has 0 saturated heterocycles. The Balaban J connectivity index is 1.70. The van der Waals surface area contributed by atoms with Crippen LogP contribution in [0.2, 0.25) is 0 Å². The minimum absolute atomic E-state index is 0.0580. The molecule has 0 amide bonds. The molecule has 204 valence electrons. The van der Waals surface area contributed by atoms with Gasteiger partial charge in [-0.3, -0.25) is 9.68 Å². The first-order valence-corrected chi connectivity index (χ1v) is 13.2. The molecule has 0 radical (unpaired) electrons. The molecule has 0 aliphatic heterocycles. The number of hydrogen-bond donors (Lipinski definition) is 0. The average Bonchev–Trinajstić information content (AvgIpc) is 3.30. The van der Waals surface area contributed by atoms with Crippen molar-refractivity contribution in [3.05, 3.63) is 69.7 Å². The third-order valence-corrected chi connectivity index (χ3v) is 7.64. The second-order valence-corrected chi connectivity index (χ2v) is 11.2. The SMILES string of the molecule is CCC(C)(C)C(=O)OOc1ccc(C(=O)CCc2sc(-c3ccc(C(F)(F)F)cc3)nc2C(C)C)c(C)c1. The van der Waals surface area contributed by atoms with Gasteiger partial charge in [0.15, 0.2) is 11.5 Å². The lowest BCUT2D eigenvalue weighted by Gasteiger charge is -2.18. The van der Waals surface area contributed by atoms with Crippen molar-refractivity contribution in [2.45, 2.75) is 72.9 Å². The van der Waals surface area contributed by atoms with Crippen LogP contribution in [0, 0.1) is 12.3 Å². The Morgan fingerprint density at radius 3 is 2.26 bits per heavy atom. The monoisotopic (exact) mass is 547 g/mol. The average molecular weight is 548 g/mol. The molecule has 2 aromatic carbocycles. The highest BCUT2D eigenvalue weighted by Crippen LogP contribution is 2.35. The van der Waals surface area contributed by atoms with Crippen LogP contribution >= 0.6 is 11.3 Å². The van der Waals surface area contributed by atoms with Crippen molar-refractivity contribution < 1.29 is 32.5 Å². The van der Waals surface area contributed by atoms with Crippen molar-refractivity contribution >= 4 is 23.1 Å². The Kier molecular flexibility index (Phi) is 9.02. The summed E-state index contributed by atoms with van der Waals surface area (Å²) in [6, 6.07) is 9.83. The maximum Gasteiger partial charge on any atom is 0.416 e. The van der Waals surface area contributed by atoms with Crippen LogP contribution in [-0.2, 0) is 22.3 Å². The van der Waals surface area contributed by atoms with E-state index in [1.807, 2.05) is 20.8 Å². The molecule has 0 aliphatic carbocycles. The van der Waals surface area contributed by atoms with Gasteiger partial charge in [0, 0.05) is 22.4 Å². The number of aromatic nitrogens is 1. The Hall–Kier alpha value is -3.20. The molecule has 3 rings (SSSR count). The summed E-state index contributed by atoms with van der Waals surface area (Å²) in [6.07, 6.45) is -3.08. The number of alkyl halides is 3. The van der Waals surface area contributed by atoms with E-state index in [0.29, 0.717) is 40.3 Å². The molecule has 0 unspecified atom stereocenters. The van der Waals surface area contributed by atoms with Crippen molar-refractivity contribution in [3.8, 4) is 16.3 Å². The molecule has 1 heterocycles. The van der Waals surface area contributed by atoms with Crippen LogP contribution in [0.25, 0.3) is 10.6 Å². The highest BCUT2D eigenvalue weighted by Gasteiger charge is 2.30. The van der Waals surface area contributed by atoms with E-state index in [9.17, 15) is 22.8 Å². The number of carbonyl (C=O) groups excluding carboxylic acids is 2. The zero-order valence-corrected chi connectivity index (χ0v) is 23.2. The topological polar surface area (TPSA) is 65.5 Å². The van der Waals surface area contributed by atoms with Gasteiger partial charge in [-0.2, -0.15) is 13.2 Å².